The summed E-state index contributed by atoms with van der Waals surface area (Å²) in [4.78, 5) is 2.47. The molecular formula is C11H10F4N4. The first-order chi connectivity index (χ1) is 8.91. The van der Waals surface area contributed by atoms with Gasteiger partial charge in [0.15, 0.2) is 0 Å². The Hall–Kier alpha value is -2.12. The highest BCUT2D eigenvalue weighted by atomic mass is 19.2. The molecule has 0 bridgehead atoms. The minimum absolute atomic E-state index is 0.0175. The Labute approximate surface area is 106 Å². The van der Waals surface area contributed by atoms with Crippen LogP contribution in [0, 0.1) is 30.5 Å². The van der Waals surface area contributed by atoms with E-state index in [2.05, 4.69) is 15.4 Å². The van der Waals surface area contributed by atoms with E-state index in [1.54, 1.807) is 18.7 Å². The maximum atomic E-state index is 13.3. The molecule has 2 heterocycles. The highest BCUT2D eigenvalue weighted by Crippen LogP contribution is 2.22. The maximum Gasteiger partial charge on any atom is 0.253 e. The zero-order valence-corrected chi connectivity index (χ0v) is 10.1. The number of aromatic nitrogens is 3. The van der Waals surface area contributed by atoms with Gasteiger partial charge in [-0.2, -0.15) is 27.6 Å². The Balaban J connectivity index is 2.27. The summed E-state index contributed by atoms with van der Waals surface area (Å²) < 4.78 is 54.0. The third kappa shape index (κ3) is 2.38. The van der Waals surface area contributed by atoms with Crippen molar-refractivity contribution in [3.63, 3.8) is 0 Å². The fourth-order valence-corrected chi connectivity index (χ4v) is 1.54. The summed E-state index contributed by atoms with van der Waals surface area (Å²) in [6, 6.07) is 0. The Morgan fingerprint density at radius 1 is 1.16 bits per heavy atom. The SMILES string of the molecule is Cc1c(CNc2c(F)c(F)nc(F)c2F)cnn1C. The zero-order chi connectivity index (χ0) is 14.2. The fraction of sp³-hybridized carbons (Fsp3) is 0.273. The molecule has 2 aromatic heterocycles. The first-order valence-electron chi connectivity index (χ1n) is 5.33. The van der Waals surface area contributed by atoms with Crippen LogP contribution in [-0.2, 0) is 13.6 Å². The Kier molecular flexibility index (Phi) is 3.41. The average Bonchev–Trinajstić information content (AvgIpc) is 2.68. The lowest BCUT2D eigenvalue weighted by molar-refractivity contribution is 0.410. The summed E-state index contributed by atoms with van der Waals surface area (Å²) in [5, 5.41) is 6.25. The molecule has 1 N–H and O–H groups in total. The van der Waals surface area contributed by atoms with E-state index in [0.717, 1.165) is 5.69 Å². The van der Waals surface area contributed by atoms with E-state index in [1.165, 1.54) is 6.20 Å². The van der Waals surface area contributed by atoms with Crippen LogP contribution in [0.15, 0.2) is 6.20 Å². The lowest BCUT2D eigenvalue weighted by atomic mass is 10.2. The van der Waals surface area contributed by atoms with E-state index in [-0.39, 0.29) is 6.54 Å². The molecular weight excluding hydrogens is 264 g/mol. The monoisotopic (exact) mass is 274 g/mol. The molecule has 0 amide bonds. The molecule has 19 heavy (non-hydrogen) atoms. The standard InChI is InChI=1S/C11H10F4N4/c1-5-6(4-17-19(5)2)3-16-9-7(12)10(14)18-11(15)8(9)13/h4H,3H2,1-2H3,(H,16,18). The summed E-state index contributed by atoms with van der Waals surface area (Å²) in [5.41, 5.74) is 0.537. The van der Waals surface area contributed by atoms with E-state index < -0.39 is 29.2 Å². The van der Waals surface area contributed by atoms with Gasteiger partial charge < -0.3 is 5.32 Å². The number of hydrogen-bond donors (Lipinski definition) is 1. The first kappa shape index (κ1) is 13.3. The molecule has 0 aliphatic carbocycles. The number of aryl methyl sites for hydroxylation is 1. The second-order valence-electron chi connectivity index (χ2n) is 3.93. The molecule has 0 fully saturated rings. The molecule has 0 radical (unpaired) electrons. The lowest BCUT2D eigenvalue weighted by Gasteiger charge is -2.09. The van der Waals surface area contributed by atoms with Gasteiger partial charge in [-0.3, -0.25) is 4.68 Å². The van der Waals surface area contributed by atoms with Gasteiger partial charge >= 0.3 is 0 Å². The van der Waals surface area contributed by atoms with Crippen molar-refractivity contribution in [2.24, 2.45) is 7.05 Å². The molecule has 0 aliphatic rings. The van der Waals surface area contributed by atoms with E-state index in [0.29, 0.717) is 5.56 Å². The van der Waals surface area contributed by atoms with Gasteiger partial charge in [0.1, 0.15) is 5.69 Å². The summed E-state index contributed by atoms with van der Waals surface area (Å²) in [6.45, 7) is 1.74. The molecule has 4 nitrogen and oxygen atoms in total. The van der Waals surface area contributed by atoms with Crippen LogP contribution >= 0.6 is 0 Å². The normalized spacial score (nSPS) is 10.8. The van der Waals surface area contributed by atoms with Gasteiger partial charge in [-0.15, -0.1) is 0 Å². The minimum atomic E-state index is -1.69. The maximum absolute atomic E-state index is 13.3. The number of halogens is 4. The molecule has 0 saturated carbocycles. The van der Waals surface area contributed by atoms with Crippen LogP contribution in [0.25, 0.3) is 0 Å². The van der Waals surface area contributed by atoms with Gasteiger partial charge in [-0.25, -0.2) is 0 Å². The molecule has 2 rings (SSSR count). The van der Waals surface area contributed by atoms with E-state index in [4.69, 9.17) is 0 Å². The molecule has 0 saturated heterocycles. The zero-order valence-electron chi connectivity index (χ0n) is 10.1. The van der Waals surface area contributed by atoms with E-state index in [9.17, 15) is 17.6 Å². The largest absolute Gasteiger partial charge is 0.376 e. The van der Waals surface area contributed by atoms with Crippen LogP contribution in [0.2, 0.25) is 0 Å². The van der Waals surface area contributed by atoms with Crippen LogP contribution in [0.5, 0.6) is 0 Å². The number of pyridine rings is 1. The summed E-state index contributed by atoms with van der Waals surface area (Å²) in [5.74, 6) is -6.49. The number of nitrogens with one attached hydrogen (secondary N) is 1. The van der Waals surface area contributed by atoms with Gasteiger partial charge in [-0.1, -0.05) is 0 Å². The fourth-order valence-electron chi connectivity index (χ4n) is 1.54. The number of nitrogens with zero attached hydrogens (tertiary/aromatic N) is 3. The van der Waals surface area contributed by atoms with E-state index in [1.807, 2.05) is 0 Å². The topological polar surface area (TPSA) is 42.7 Å². The van der Waals surface area contributed by atoms with Crippen molar-refractivity contribution in [2.75, 3.05) is 5.32 Å². The number of anilines is 1. The summed E-state index contributed by atoms with van der Waals surface area (Å²) in [7, 11) is 1.70. The van der Waals surface area contributed by atoms with Gasteiger partial charge in [0.25, 0.3) is 11.9 Å². The molecule has 8 heteroatoms. The van der Waals surface area contributed by atoms with Gasteiger partial charge in [-0.05, 0) is 6.92 Å². The van der Waals surface area contributed by atoms with Crippen molar-refractivity contribution in [3.05, 3.63) is 41.0 Å². The second-order valence-corrected chi connectivity index (χ2v) is 3.93. The lowest BCUT2D eigenvalue weighted by Crippen LogP contribution is -2.09. The predicted molar refractivity (Wildman–Crippen MR) is 59.3 cm³/mol. The van der Waals surface area contributed by atoms with Crippen molar-refractivity contribution < 1.29 is 17.6 Å². The third-order valence-electron chi connectivity index (χ3n) is 2.79. The number of hydrogen-bond acceptors (Lipinski definition) is 3. The highest BCUT2D eigenvalue weighted by Gasteiger charge is 2.20. The van der Waals surface area contributed by atoms with Crippen molar-refractivity contribution >= 4 is 5.69 Å². The van der Waals surface area contributed by atoms with Crippen LogP contribution in [0.1, 0.15) is 11.3 Å². The Morgan fingerprint density at radius 2 is 1.74 bits per heavy atom. The van der Waals surface area contributed by atoms with Gasteiger partial charge in [0.2, 0.25) is 11.6 Å². The smallest absolute Gasteiger partial charge is 0.253 e. The van der Waals surface area contributed by atoms with Crippen LogP contribution in [0.3, 0.4) is 0 Å². The summed E-state index contributed by atoms with van der Waals surface area (Å²) in [6.07, 6.45) is 1.49. The van der Waals surface area contributed by atoms with Gasteiger partial charge in [0.05, 0.1) is 6.20 Å². The molecule has 0 spiro atoms. The minimum Gasteiger partial charge on any atom is -0.376 e. The third-order valence-corrected chi connectivity index (χ3v) is 2.79. The second kappa shape index (κ2) is 4.87. The molecule has 2 aromatic rings. The molecule has 0 aliphatic heterocycles. The first-order valence-corrected chi connectivity index (χ1v) is 5.33. The van der Waals surface area contributed by atoms with E-state index >= 15 is 0 Å². The summed E-state index contributed by atoms with van der Waals surface area (Å²) >= 11 is 0. The van der Waals surface area contributed by atoms with Crippen molar-refractivity contribution in [1.29, 1.82) is 0 Å². The van der Waals surface area contributed by atoms with Crippen LogP contribution < -0.4 is 5.32 Å². The highest BCUT2D eigenvalue weighted by molar-refractivity contribution is 5.46. The van der Waals surface area contributed by atoms with Crippen molar-refractivity contribution in [1.82, 2.24) is 14.8 Å². The Morgan fingerprint density at radius 3 is 2.21 bits per heavy atom. The molecule has 102 valence electrons. The number of rotatable bonds is 3. The molecule has 0 unspecified atom stereocenters. The molecule has 0 atom stereocenters. The van der Waals surface area contributed by atoms with Gasteiger partial charge in [0, 0.05) is 24.8 Å². The average molecular weight is 274 g/mol. The van der Waals surface area contributed by atoms with Crippen molar-refractivity contribution in [2.45, 2.75) is 13.5 Å². The van der Waals surface area contributed by atoms with Crippen LogP contribution in [0.4, 0.5) is 23.2 Å². The molecule has 0 aromatic carbocycles. The Bertz CT molecular complexity index is 597. The predicted octanol–water partition coefficient (Wildman–Crippen LogP) is 2.29. The van der Waals surface area contributed by atoms with Crippen molar-refractivity contribution in [3.8, 4) is 0 Å². The quantitative estimate of drug-likeness (QED) is 0.690. The van der Waals surface area contributed by atoms with Crippen LogP contribution in [-0.4, -0.2) is 14.8 Å².